The monoisotopic (exact) mass is 565 g/mol. The summed E-state index contributed by atoms with van der Waals surface area (Å²) in [5, 5.41) is 4.84. The lowest BCUT2D eigenvalue weighted by Gasteiger charge is -2.25. The van der Waals surface area contributed by atoms with Crippen LogP contribution in [0.3, 0.4) is 0 Å². The van der Waals surface area contributed by atoms with Gasteiger partial charge in [-0.2, -0.15) is 0 Å². The molecule has 44 heavy (non-hydrogen) atoms. The molecule has 0 unspecified atom stereocenters. The van der Waals surface area contributed by atoms with Crippen LogP contribution in [0, 0.1) is 0 Å². The van der Waals surface area contributed by atoms with E-state index in [9.17, 15) is 0 Å². The van der Waals surface area contributed by atoms with Crippen LogP contribution >= 0.6 is 0 Å². The lowest BCUT2D eigenvalue weighted by atomic mass is 9.81. The third-order valence-corrected chi connectivity index (χ3v) is 10.8. The smallest absolute Gasteiger partial charge is 0.146 e. The molecule has 0 bridgehead atoms. The normalized spacial score (nSPS) is 15.6. The van der Waals surface area contributed by atoms with Gasteiger partial charge in [-0.15, -0.1) is 0 Å². The van der Waals surface area contributed by atoms with E-state index in [1.54, 1.807) is 0 Å². The molecular weight excluding hydrogens is 534 g/mol. The molecule has 8 aromatic rings. The molecule has 2 aliphatic rings. The first-order valence-electron chi connectivity index (χ1n) is 15.6. The van der Waals surface area contributed by atoms with Gasteiger partial charge < -0.3 is 8.98 Å². The van der Waals surface area contributed by atoms with Crippen molar-refractivity contribution in [2.45, 2.75) is 38.5 Å². The largest absolute Gasteiger partial charge is 0.455 e. The van der Waals surface area contributed by atoms with E-state index in [-0.39, 0.29) is 10.8 Å². The third-order valence-electron chi connectivity index (χ3n) is 10.8. The summed E-state index contributed by atoms with van der Waals surface area (Å²) in [7, 11) is 0. The first-order valence-corrected chi connectivity index (χ1v) is 15.6. The summed E-state index contributed by atoms with van der Waals surface area (Å²) in [5.74, 6) is 0. The average Bonchev–Trinajstić information content (AvgIpc) is 3.72. The highest BCUT2D eigenvalue weighted by molar-refractivity contribution is 6.30. The summed E-state index contributed by atoms with van der Waals surface area (Å²) >= 11 is 0. The summed E-state index contributed by atoms with van der Waals surface area (Å²) in [6, 6.07) is 42.4. The highest BCUT2D eigenvalue weighted by atomic mass is 16.3. The van der Waals surface area contributed by atoms with Gasteiger partial charge in [0.05, 0.1) is 16.4 Å². The summed E-state index contributed by atoms with van der Waals surface area (Å²) in [5.41, 5.74) is 16.1. The average molecular weight is 566 g/mol. The van der Waals surface area contributed by atoms with E-state index in [2.05, 4.69) is 148 Å². The van der Waals surface area contributed by atoms with Crippen LogP contribution in [-0.2, 0) is 10.8 Å². The Kier molecular flexibility index (Phi) is 4.37. The molecule has 2 aromatic heterocycles. The van der Waals surface area contributed by atoms with Gasteiger partial charge in [0.25, 0.3) is 0 Å². The number of furan rings is 1. The summed E-state index contributed by atoms with van der Waals surface area (Å²) in [4.78, 5) is 0. The number of fused-ring (bicyclic) bond motifs is 15. The number of hydrogen-bond acceptors (Lipinski definition) is 1. The maximum Gasteiger partial charge on any atom is 0.146 e. The molecule has 0 saturated heterocycles. The van der Waals surface area contributed by atoms with Crippen molar-refractivity contribution in [1.29, 1.82) is 0 Å². The molecule has 2 heterocycles. The Hall–Kier alpha value is -5.08. The number of benzene rings is 6. The molecule has 0 aliphatic heterocycles. The van der Waals surface area contributed by atoms with Crippen molar-refractivity contribution in [3.63, 3.8) is 0 Å². The SMILES string of the molecule is CC1(C)c2ccccc2-c2ccc(-n3c4ccccc4c4c5oc6ccccc6c5c5c(c43)C(C)(C)c3ccccc3-5)cc21. The Balaban J connectivity index is 1.43. The van der Waals surface area contributed by atoms with Crippen LogP contribution in [0.15, 0.2) is 120 Å². The second-order valence-corrected chi connectivity index (χ2v) is 13.7. The molecule has 0 atom stereocenters. The molecule has 2 aliphatic carbocycles. The van der Waals surface area contributed by atoms with E-state index >= 15 is 0 Å². The lowest BCUT2D eigenvalue weighted by molar-refractivity contribution is 0.658. The highest BCUT2D eigenvalue weighted by Crippen LogP contribution is 2.58. The fourth-order valence-corrected chi connectivity index (χ4v) is 8.78. The van der Waals surface area contributed by atoms with Gasteiger partial charge in [0.1, 0.15) is 11.2 Å². The van der Waals surface area contributed by atoms with Gasteiger partial charge in [0, 0.05) is 32.7 Å². The zero-order chi connectivity index (χ0) is 29.5. The minimum atomic E-state index is -0.199. The zero-order valence-electron chi connectivity index (χ0n) is 25.3. The number of para-hydroxylation sites is 2. The molecule has 2 nitrogen and oxygen atoms in total. The Morgan fingerprint density at radius 1 is 0.545 bits per heavy atom. The maximum absolute atomic E-state index is 6.87. The molecule has 0 fully saturated rings. The van der Waals surface area contributed by atoms with Crippen LogP contribution in [0.2, 0.25) is 0 Å². The summed E-state index contributed by atoms with van der Waals surface area (Å²) in [6.07, 6.45) is 0. The Labute approximate surface area is 256 Å². The van der Waals surface area contributed by atoms with Gasteiger partial charge in [-0.3, -0.25) is 0 Å². The van der Waals surface area contributed by atoms with Crippen molar-refractivity contribution in [2.75, 3.05) is 0 Å². The summed E-state index contributed by atoms with van der Waals surface area (Å²) < 4.78 is 9.40. The van der Waals surface area contributed by atoms with E-state index in [0.29, 0.717) is 0 Å². The van der Waals surface area contributed by atoms with Crippen molar-refractivity contribution < 1.29 is 4.42 Å². The van der Waals surface area contributed by atoms with Crippen LogP contribution in [0.5, 0.6) is 0 Å². The fraction of sp³-hybridized carbons (Fsp3) is 0.143. The van der Waals surface area contributed by atoms with Crippen LogP contribution in [0.4, 0.5) is 0 Å². The van der Waals surface area contributed by atoms with Gasteiger partial charge in [-0.05, 0) is 68.8 Å². The predicted octanol–water partition coefficient (Wildman–Crippen LogP) is 11.3. The van der Waals surface area contributed by atoms with Gasteiger partial charge >= 0.3 is 0 Å². The minimum absolute atomic E-state index is 0.0792. The van der Waals surface area contributed by atoms with Gasteiger partial charge in [-0.25, -0.2) is 0 Å². The van der Waals surface area contributed by atoms with Crippen LogP contribution in [-0.4, -0.2) is 4.57 Å². The van der Waals surface area contributed by atoms with Crippen molar-refractivity contribution in [3.8, 4) is 27.9 Å². The van der Waals surface area contributed by atoms with Gasteiger partial charge in [0.15, 0.2) is 0 Å². The van der Waals surface area contributed by atoms with E-state index in [1.165, 1.54) is 82.8 Å². The standard InChI is InChI=1S/C42H31NO/c1-41(2)30-17-9-5-13-25(30)26-22-21-24(23-32(26)41)43-33-19-11-7-15-28(33)37-39(43)38-35(27-14-6-10-18-31(27)42(38,3)4)36-29-16-8-12-20-34(29)44-40(36)37/h5-23H,1-4H3. The topological polar surface area (TPSA) is 18.1 Å². The number of rotatable bonds is 1. The highest BCUT2D eigenvalue weighted by Gasteiger charge is 2.42. The van der Waals surface area contributed by atoms with Crippen LogP contribution in [0.1, 0.15) is 49.9 Å². The van der Waals surface area contributed by atoms with Gasteiger partial charge in [0.2, 0.25) is 0 Å². The Morgan fingerprint density at radius 3 is 2.00 bits per heavy atom. The van der Waals surface area contributed by atoms with E-state index in [4.69, 9.17) is 4.42 Å². The molecule has 2 heteroatoms. The Morgan fingerprint density at radius 2 is 1.18 bits per heavy atom. The van der Waals surface area contributed by atoms with Crippen molar-refractivity contribution in [2.24, 2.45) is 0 Å². The van der Waals surface area contributed by atoms with Crippen molar-refractivity contribution >= 4 is 43.7 Å². The van der Waals surface area contributed by atoms with E-state index in [0.717, 1.165) is 11.2 Å². The third kappa shape index (κ3) is 2.74. The molecule has 10 rings (SSSR count). The molecule has 0 saturated carbocycles. The number of aromatic nitrogens is 1. The second kappa shape index (κ2) is 7.89. The van der Waals surface area contributed by atoms with E-state index in [1.807, 2.05) is 0 Å². The molecule has 0 radical (unpaired) electrons. The first kappa shape index (κ1) is 24.4. The van der Waals surface area contributed by atoms with Crippen molar-refractivity contribution in [3.05, 3.63) is 138 Å². The molecule has 0 amide bonds. The second-order valence-electron chi connectivity index (χ2n) is 13.7. The van der Waals surface area contributed by atoms with Crippen LogP contribution in [0.25, 0.3) is 71.7 Å². The first-order chi connectivity index (χ1) is 21.4. The number of hydrogen-bond donors (Lipinski definition) is 0. The van der Waals surface area contributed by atoms with E-state index < -0.39 is 0 Å². The molecule has 0 N–H and O–H groups in total. The minimum Gasteiger partial charge on any atom is -0.455 e. The van der Waals surface area contributed by atoms with Crippen LogP contribution < -0.4 is 0 Å². The van der Waals surface area contributed by atoms with Crippen molar-refractivity contribution in [1.82, 2.24) is 4.57 Å². The summed E-state index contributed by atoms with van der Waals surface area (Å²) in [6.45, 7) is 9.52. The molecule has 210 valence electrons. The molecular formula is C42H31NO. The maximum atomic E-state index is 6.87. The lowest BCUT2D eigenvalue weighted by Crippen LogP contribution is -2.17. The molecule has 0 spiro atoms. The number of nitrogens with zero attached hydrogens (tertiary/aromatic N) is 1. The predicted molar refractivity (Wildman–Crippen MR) is 183 cm³/mol. The van der Waals surface area contributed by atoms with Gasteiger partial charge in [-0.1, -0.05) is 119 Å². The quantitative estimate of drug-likeness (QED) is 0.194. The zero-order valence-corrected chi connectivity index (χ0v) is 25.3. The fourth-order valence-electron chi connectivity index (χ4n) is 8.78. The molecule has 6 aromatic carbocycles. The Bertz CT molecular complexity index is 2550.